The van der Waals surface area contributed by atoms with Crippen LogP contribution < -0.4 is 0 Å². The van der Waals surface area contributed by atoms with E-state index in [1.54, 1.807) is 0 Å². The molecule has 1 aromatic carbocycles. The summed E-state index contributed by atoms with van der Waals surface area (Å²) in [6.45, 7) is 11.0. The third kappa shape index (κ3) is 6.82. The lowest BCUT2D eigenvalue weighted by Gasteiger charge is -2.16. The summed E-state index contributed by atoms with van der Waals surface area (Å²) in [7, 11) is -0.996. The minimum absolute atomic E-state index is 0.942. The van der Waals surface area contributed by atoms with Gasteiger partial charge in [-0.2, -0.15) is 0 Å². The zero-order chi connectivity index (χ0) is 13.4. The van der Waals surface area contributed by atoms with E-state index in [-0.39, 0.29) is 0 Å². The Morgan fingerprint density at radius 2 is 1.94 bits per heavy atom. The maximum Gasteiger partial charge on any atom is 0.0738 e. The fourth-order valence-corrected chi connectivity index (χ4v) is 3.34. The smallest absolute Gasteiger partial charge is 0.0738 e. The van der Waals surface area contributed by atoms with Crippen LogP contribution in [0.15, 0.2) is 48.0 Å². The molecule has 0 aliphatic heterocycles. The minimum Gasteiger partial charge on any atom is -0.247 e. The van der Waals surface area contributed by atoms with Gasteiger partial charge in [0.25, 0.3) is 0 Å². The van der Waals surface area contributed by atoms with Crippen molar-refractivity contribution >= 4 is 30.6 Å². The third-order valence-electron chi connectivity index (χ3n) is 2.47. The van der Waals surface area contributed by atoms with Crippen molar-refractivity contribution < 1.29 is 0 Å². The molecule has 18 heavy (non-hydrogen) atoms. The van der Waals surface area contributed by atoms with Gasteiger partial charge in [-0.3, -0.25) is 0 Å². The van der Waals surface area contributed by atoms with Crippen LogP contribution in [0.25, 0.3) is 0 Å². The number of hydrogen-bond donors (Lipinski definition) is 0. The second-order valence-corrected chi connectivity index (χ2v) is 12.2. The van der Waals surface area contributed by atoms with Gasteiger partial charge < -0.3 is 0 Å². The van der Waals surface area contributed by atoms with Crippen LogP contribution in [0, 0.1) is 0 Å². The van der Waals surface area contributed by atoms with Gasteiger partial charge in [-0.25, -0.2) is 4.99 Å². The van der Waals surface area contributed by atoms with Crippen molar-refractivity contribution in [1.82, 2.24) is 0 Å². The van der Waals surface area contributed by atoms with Crippen LogP contribution in [-0.4, -0.2) is 18.9 Å². The van der Waals surface area contributed by atoms with Gasteiger partial charge in [-0.15, -0.1) is 18.3 Å². The van der Waals surface area contributed by atoms with Gasteiger partial charge in [0.05, 0.1) is 10.7 Å². The highest BCUT2D eigenvalue weighted by atomic mass is 32.2. The van der Waals surface area contributed by atoms with Crippen molar-refractivity contribution in [3.05, 3.63) is 43.0 Å². The number of nitrogens with zero attached hydrogens (tertiary/aromatic N) is 1. The molecule has 0 aliphatic rings. The Bertz CT molecular complexity index is 393. The van der Waals surface area contributed by atoms with Crippen LogP contribution in [0.5, 0.6) is 0 Å². The number of thioether (sulfide) groups is 1. The Hall–Kier alpha value is -0.803. The summed E-state index contributed by atoms with van der Waals surface area (Å²) >= 11 is 1.81. The van der Waals surface area contributed by atoms with Crippen LogP contribution >= 0.6 is 11.8 Å². The molecule has 0 atom stereocenters. The van der Waals surface area contributed by atoms with E-state index in [4.69, 9.17) is 4.99 Å². The van der Waals surface area contributed by atoms with Gasteiger partial charge in [0.2, 0.25) is 0 Å². The molecule has 3 heteroatoms. The molecule has 0 spiro atoms. The lowest BCUT2D eigenvalue weighted by molar-refractivity contribution is 1.22. The van der Waals surface area contributed by atoms with E-state index in [1.807, 2.05) is 36.0 Å². The molecule has 0 N–H and O–H groups in total. The van der Waals surface area contributed by atoms with E-state index in [0.717, 1.165) is 17.9 Å². The fourth-order valence-electron chi connectivity index (χ4n) is 1.44. The highest BCUT2D eigenvalue weighted by molar-refractivity contribution is 8.14. The van der Waals surface area contributed by atoms with Gasteiger partial charge in [-0.1, -0.05) is 50.0 Å². The highest BCUT2D eigenvalue weighted by Gasteiger charge is 2.14. The summed E-state index contributed by atoms with van der Waals surface area (Å²) in [6, 6.07) is 11.5. The average Bonchev–Trinajstić information content (AvgIpc) is 2.33. The molecular weight excluding hydrogens is 254 g/mol. The van der Waals surface area contributed by atoms with Crippen molar-refractivity contribution in [1.29, 1.82) is 0 Å². The Labute approximate surface area is 116 Å². The summed E-state index contributed by atoms with van der Waals surface area (Å²) in [5.41, 5.74) is 1.06. The summed E-state index contributed by atoms with van der Waals surface area (Å²) in [4.78, 5) is 4.75. The molecule has 1 aromatic rings. The average molecular weight is 278 g/mol. The van der Waals surface area contributed by atoms with E-state index in [2.05, 4.69) is 38.4 Å². The van der Waals surface area contributed by atoms with Crippen molar-refractivity contribution in [2.75, 3.05) is 5.75 Å². The number of aliphatic imine (C=N–C) groups is 1. The number of hydrogen-bond acceptors (Lipinski definition) is 2. The second-order valence-electron chi connectivity index (χ2n) is 5.50. The first-order chi connectivity index (χ1) is 8.51. The lowest BCUT2D eigenvalue weighted by Crippen LogP contribution is -2.20. The van der Waals surface area contributed by atoms with Gasteiger partial charge in [0, 0.05) is 13.8 Å². The van der Waals surface area contributed by atoms with Crippen molar-refractivity contribution in [2.45, 2.75) is 32.1 Å². The van der Waals surface area contributed by atoms with E-state index in [9.17, 15) is 0 Å². The van der Waals surface area contributed by atoms with Gasteiger partial charge in [0.15, 0.2) is 0 Å². The van der Waals surface area contributed by atoms with E-state index < -0.39 is 8.07 Å². The zero-order valence-electron chi connectivity index (χ0n) is 11.6. The second kappa shape index (κ2) is 7.59. The minimum atomic E-state index is -0.996. The van der Waals surface area contributed by atoms with Crippen molar-refractivity contribution in [3.8, 4) is 0 Å². The Balaban J connectivity index is 2.71. The summed E-state index contributed by atoms with van der Waals surface area (Å²) < 4.78 is 0. The summed E-state index contributed by atoms with van der Waals surface area (Å²) in [6.07, 6.45) is 3.04. The Morgan fingerprint density at radius 3 is 2.50 bits per heavy atom. The normalized spacial score (nSPS) is 12.5. The first-order valence-corrected chi connectivity index (χ1v) is 11.1. The largest absolute Gasteiger partial charge is 0.247 e. The molecule has 0 fully saturated rings. The molecule has 1 nitrogen and oxygen atoms in total. The third-order valence-corrected chi connectivity index (χ3v) is 5.25. The molecule has 0 heterocycles. The van der Waals surface area contributed by atoms with Crippen LogP contribution in [0.3, 0.4) is 0 Å². The number of benzene rings is 1. The van der Waals surface area contributed by atoms with Crippen molar-refractivity contribution in [2.24, 2.45) is 4.99 Å². The van der Waals surface area contributed by atoms with Crippen LogP contribution in [0.1, 0.15) is 6.42 Å². The van der Waals surface area contributed by atoms with Gasteiger partial charge in [-0.05, 0) is 18.6 Å². The van der Waals surface area contributed by atoms with Crippen LogP contribution in [-0.2, 0) is 0 Å². The standard InChI is InChI=1S/C15H23NSSi/c1-5-12-17-15(11-13-18(2,3)4)16-14-9-7-6-8-10-14/h5-10H,1,11-13H2,2-4H3. The summed E-state index contributed by atoms with van der Waals surface area (Å²) in [5.74, 6) is 0.942. The van der Waals surface area contributed by atoms with Crippen LogP contribution in [0.4, 0.5) is 5.69 Å². The maximum atomic E-state index is 4.75. The Morgan fingerprint density at radius 1 is 1.28 bits per heavy atom. The summed E-state index contributed by atoms with van der Waals surface area (Å²) in [5, 5.41) is 1.24. The van der Waals surface area contributed by atoms with E-state index in [0.29, 0.717) is 0 Å². The van der Waals surface area contributed by atoms with E-state index >= 15 is 0 Å². The van der Waals surface area contributed by atoms with Gasteiger partial charge >= 0.3 is 0 Å². The molecule has 0 radical (unpaired) electrons. The molecule has 0 amide bonds. The molecule has 0 bridgehead atoms. The molecule has 0 unspecified atom stereocenters. The fraction of sp³-hybridized carbons (Fsp3) is 0.400. The van der Waals surface area contributed by atoms with E-state index in [1.165, 1.54) is 11.1 Å². The van der Waals surface area contributed by atoms with Crippen molar-refractivity contribution in [3.63, 3.8) is 0 Å². The zero-order valence-corrected chi connectivity index (χ0v) is 13.5. The molecule has 98 valence electrons. The maximum absolute atomic E-state index is 4.75. The molecule has 0 saturated heterocycles. The molecule has 0 aromatic heterocycles. The number of rotatable bonds is 6. The molecule has 1 rings (SSSR count). The van der Waals surface area contributed by atoms with Crippen LogP contribution in [0.2, 0.25) is 25.7 Å². The first-order valence-electron chi connectivity index (χ1n) is 6.37. The Kier molecular flexibility index (Phi) is 6.43. The monoisotopic (exact) mass is 277 g/mol. The predicted molar refractivity (Wildman–Crippen MR) is 89.0 cm³/mol. The predicted octanol–water partition coefficient (Wildman–Crippen LogP) is 5.36. The SMILES string of the molecule is C=CCSC(CC[Si](C)(C)C)=Nc1ccccc1. The molecule has 0 saturated carbocycles. The molecule has 0 aliphatic carbocycles. The molecular formula is C15H23NSSi. The first kappa shape index (κ1) is 15.3. The van der Waals surface area contributed by atoms with Gasteiger partial charge in [0.1, 0.15) is 0 Å². The highest BCUT2D eigenvalue weighted by Crippen LogP contribution is 2.21. The lowest BCUT2D eigenvalue weighted by atomic mass is 10.3. The topological polar surface area (TPSA) is 12.4 Å². The quantitative estimate of drug-likeness (QED) is 0.295. The number of para-hydroxylation sites is 1.